The van der Waals surface area contributed by atoms with E-state index in [-0.39, 0.29) is 5.91 Å². The maximum Gasteiger partial charge on any atom is 0.240 e. The van der Waals surface area contributed by atoms with E-state index >= 15 is 0 Å². The van der Waals surface area contributed by atoms with Crippen LogP contribution < -0.4 is 5.84 Å². The molecule has 0 aliphatic carbocycles. The van der Waals surface area contributed by atoms with E-state index in [4.69, 9.17) is 17.4 Å². The van der Waals surface area contributed by atoms with Gasteiger partial charge in [-0.3, -0.25) is 4.79 Å². The van der Waals surface area contributed by atoms with Gasteiger partial charge in [0, 0.05) is 19.7 Å². The van der Waals surface area contributed by atoms with Gasteiger partial charge in [-0.25, -0.2) is 4.68 Å². The minimum atomic E-state index is -0.475. The van der Waals surface area contributed by atoms with Gasteiger partial charge in [-0.15, -0.1) is 10.2 Å². The molecule has 0 unspecified atom stereocenters. The monoisotopic (exact) mass is 387 g/mol. The smallest absolute Gasteiger partial charge is 0.240 e. The number of aromatic nitrogens is 3. The van der Waals surface area contributed by atoms with Crippen molar-refractivity contribution in [3.05, 3.63) is 65.2 Å². The molecule has 1 atom stereocenters. The van der Waals surface area contributed by atoms with Crippen LogP contribution in [0, 0.1) is 0 Å². The van der Waals surface area contributed by atoms with E-state index in [0.717, 1.165) is 5.56 Å². The van der Waals surface area contributed by atoms with Gasteiger partial charge in [0.05, 0.1) is 5.02 Å². The average molecular weight is 388 g/mol. The van der Waals surface area contributed by atoms with Crippen molar-refractivity contribution in [2.75, 3.05) is 19.9 Å². The molecule has 0 aliphatic heterocycles. The van der Waals surface area contributed by atoms with E-state index in [2.05, 4.69) is 10.2 Å². The van der Waals surface area contributed by atoms with Crippen LogP contribution in [0.4, 0.5) is 0 Å². The van der Waals surface area contributed by atoms with Crippen LogP contribution in [0.3, 0.4) is 0 Å². The number of thioether (sulfide) groups is 1. The summed E-state index contributed by atoms with van der Waals surface area (Å²) in [4.78, 5) is 14.2. The number of halogens is 1. The molecule has 1 amide bonds. The lowest BCUT2D eigenvalue weighted by molar-refractivity contribution is -0.128. The largest absolute Gasteiger partial charge is 0.348 e. The van der Waals surface area contributed by atoms with Crippen molar-refractivity contribution in [1.82, 2.24) is 19.8 Å². The molecule has 0 spiro atoms. The molecular weight excluding hydrogens is 370 g/mol. The third-order valence-corrected chi connectivity index (χ3v) is 5.30. The van der Waals surface area contributed by atoms with E-state index < -0.39 is 5.25 Å². The topological polar surface area (TPSA) is 77.0 Å². The molecule has 0 aliphatic rings. The van der Waals surface area contributed by atoms with Gasteiger partial charge in [-0.2, -0.15) is 0 Å². The maximum absolute atomic E-state index is 12.7. The molecule has 6 nitrogen and oxygen atoms in total. The van der Waals surface area contributed by atoms with Gasteiger partial charge in [-0.1, -0.05) is 65.8 Å². The number of rotatable bonds is 5. The van der Waals surface area contributed by atoms with E-state index in [1.54, 1.807) is 25.1 Å². The minimum Gasteiger partial charge on any atom is -0.348 e. The first-order chi connectivity index (χ1) is 12.5. The van der Waals surface area contributed by atoms with Gasteiger partial charge in [0.25, 0.3) is 0 Å². The number of nitrogens with zero attached hydrogens (tertiary/aromatic N) is 4. The standard InChI is InChI=1S/C18H18ClN5OS/c1-23(2)17(25)15(12-8-4-3-5-9-12)26-18-22-21-16(24(18)20)13-10-6-7-11-14(13)19/h3-11,15H,20H2,1-2H3/t15-/m0/s1. The second-order valence-electron chi connectivity index (χ2n) is 5.80. The van der Waals surface area contributed by atoms with E-state index in [9.17, 15) is 4.79 Å². The molecule has 2 aromatic carbocycles. The van der Waals surface area contributed by atoms with Crippen LogP contribution in [0.2, 0.25) is 5.02 Å². The molecule has 134 valence electrons. The number of nitrogen functional groups attached to an aromatic ring is 1. The molecule has 0 bridgehead atoms. The van der Waals surface area contributed by atoms with Crippen LogP contribution in [0.1, 0.15) is 10.8 Å². The summed E-state index contributed by atoms with van der Waals surface area (Å²) >= 11 is 7.49. The highest BCUT2D eigenvalue weighted by atomic mass is 35.5. The van der Waals surface area contributed by atoms with Crippen molar-refractivity contribution in [3.8, 4) is 11.4 Å². The number of amides is 1. The van der Waals surface area contributed by atoms with Gasteiger partial charge in [0.15, 0.2) is 5.82 Å². The number of hydrogen-bond acceptors (Lipinski definition) is 5. The number of hydrogen-bond donors (Lipinski definition) is 1. The summed E-state index contributed by atoms with van der Waals surface area (Å²) in [5.41, 5.74) is 1.56. The molecule has 0 radical (unpaired) electrons. The number of carbonyl (C=O) groups excluding carboxylic acids is 1. The van der Waals surface area contributed by atoms with Crippen molar-refractivity contribution < 1.29 is 4.79 Å². The van der Waals surface area contributed by atoms with Gasteiger partial charge < -0.3 is 10.7 Å². The van der Waals surface area contributed by atoms with Gasteiger partial charge in [0.1, 0.15) is 5.25 Å². The lowest BCUT2D eigenvalue weighted by atomic mass is 10.1. The van der Waals surface area contributed by atoms with Crippen LogP contribution in [-0.4, -0.2) is 39.8 Å². The Morgan fingerprint density at radius 2 is 1.77 bits per heavy atom. The van der Waals surface area contributed by atoms with Crippen molar-refractivity contribution in [3.63, 3.8) is 0 Å². The number of likely N-dealkylation sites (N-methyl/N-ethyl adjacent to an activating group) is 1. The molecule has 3 rings (SSSR count). The fraction of sp³-hybridized carbons (Fsp3) is 0.167. The highest BCUT2D eigenvalue weighted by Gasteiger charge is 2.27. The van der Waals surface area contributed by atoms with Crippen molar-refractivity contribution in [2.24, 2.45) is 0 Å². The molecule has 1 heterocycles. The zero-order chi connectivity index (χ0) is 18.7. The molecule has 0 saturated heterocycles. The lowest BCUT2D eigenvalue weighted by Gasteiger charge is -2.20. The first-order valence-electron chi connectivity index (χ1n) is 7.87. The Morgan fingerprint density at radius 1 is 1.12 bits per heavy atom. The van der Waals surface area contributed by atoms with Crippen LogP contribution >= 0.6 is 23.4 Å². The first-order valence-corrected chi connectivity index (χ1v) is 9.13. The summed E-state index contributed by atoms with van der Waals surface area (Å²) in [6, 6.07) is 16.8. The van der Waals surface area contributed by atoms with Crippen LogP contribution in [0.5, 0.6) is 0 Å². The van der Waals surface area contributed by atoms with Gasteiger partial charge in [0.2, 0.25) is 11.1 Å². The Bertz CT molecular complexity index is 913. The predicted octanol–water partition coefficient (Wildman–Crippen LogP) is 3.23. The molecule has 0 saturated carbocycles. The van der Waals surface area contributed by atoms with Crippen molar-refractivity contribution in [2.45, 2.75) is 10.4 Å². The molecular formula is C18H18ClN5OS. The summed E-state index contributed by atoms with van der Waals surface area (Å²) in [5, 5.41) is 8.81. The molecule has 26 heavy (non-hydrogen) atoms. The lowest BCUT2D eigenvalue weighted by Crippen LogP contribution is -2.27. The molecule has 3 aromatic rings. The fourth-order valence-corrected chi connectivity index (χ4v) is 3.74. The Hall–Kier alpha value is -2.51. The number of nitrogens with two attached hydrogens (primary N) is 1. The fourth-order valence-electron chi connectivity index (χ4n) is 2.41. The summed E-state index contributed by atoms with van der Waals surface area (Å²) in [5.74, 6) is 6.59. The Balaban J connectivity index is 1.96. The highest BCUT2D eigenvalue weighted by molar-refractivity contribution is 8.00. The van der Waals surface area contributed by atoms with Crippen LogP contribution in [0.15, 0.2) is 59.8 Å². The predicted molar refractivity (Wildman–Crippen MR) is 104 cm³/mol. The summed E-state index contributed by atoms with van der Waals surface area (Å²) < 4.78 is 1.37. The second kappa shape index (κ2) is 7.80. The highest BCUT2D eigenvalue weighted by Crippen LogP contribution is 2.36. The van der Waals surface area contributed by atoms with Crippen LogP contribution in [0.25, 0.3) is 11.4 Å². The summed E-state index contributed by atoms with van der Waals surface area (Å²) in [7, 11) is 3.45. The zero-order valence-electron chi connectivity index (χ0n) is 14.3. The Kier molecular flexibility index (Phi) is 5.49. The van der Waals surface area contributed by atoms with Gasteiger partial charge in [-0.05, 0) is 17.7 Å². The Labute approximate surface area is 160 Å². The average Bonchev–Trinajstić information content (AvgIpc) is 3.00. The zero-order valence-corrected chi connectivity index (χ0v) is 15.9. The molecule has 1 aromatic heterocycles. The molecule has 2 N–H and O–H groups in total. The second-order valence-corrected chi connectivity index (χ2v) is 7.28. The quantitative estimate of drug-likeness (QED) is 0.537. The van der Waals surface area contributed by atoms with Crippen LogP contribution in [-0.2, 0) is 4.79 Å². The minimum absolute atomic E-state index is 0.0523. The van der Waals surface area contributed by atoms with E-state index in [1.807, 2.05) is 48.5 Å². The summed E-state index contributed by atoms with van der Waals surface area (Å²) in [6.45, 7) is 0. The summed E-state index contributed by atoms with van der Waals surface area (Å²) in [6.07, 6.45) is 0. The van der Waals surface area contributed by atoms with E-state index in [1.165, 1.54) is 16.4 Å². The third kappa shape index (κ3) is 3.68. The molecule has 0 fully saturated rings. The molecule has 8 heteroatoms. The number of carbonyl (C=O) groups is 1. The normalized spacial score (nSPS) is 12.0. The van der Waals surface area contributed by atoms with Crippen molar-refractivity contribution >= 4 is 29.3 Å². The van der Waals surface area contributed by atoms with Gasteiger partial charge >= 0.3 is 0 Å². The van der Waals surface area contributed by atoms with E-state index in [0.29, 0.717) is 21.6 Å². The maximum atomic E-state index is 12.7. The Morgan fingerprint density at radius 3 is 2.42 bits per heavy atom. The van der Waals surface area contributed by atoms with Crippen molar-refractivity contribution in [1.29, 1.82) is 0 Å². The SMILES string of the molecule is CN(C)C(=O)[C@@H](Sc1nnc(-c2ccccc2Cl)n1N)c1ccccc1. The first kappa shape index (κ1) is 18.3. The number of benzene rings is 2. The third-order valence-electron chi connectivity index (χ3n) is 3.77.